The summed E-state index contributed by atoms with van der Waals surface area (Å²) in [5.74, 6) is 0.0633. The average molecular weight is 418 g/mol. The summed E-state index contributed by atoms with van der Waals surface area (Å²) in [6.07, 6.45) is 3.41. The maximum absolute atomic E-state index is 11.6. The second-order valence-electron chi connectivity index (χ2n) is 5.07. The van der Waals surface area contributed by atoms with Gasteiger partial charge in [-0.2, -0.15) is 0 Å². The average Bonchev–Trinajstić information content (AvgIpc) is 2.54. The molecule has 116 valence electrons. The van der Waals surface area contributed by atoms with Crippen molar-refractivity contribution in [2.45, 2.75) is 13.8 Å². The number of hydrogen-bond acceptors (Lipinski definition) is 2. The van der Waals surface area contributed by atoms with Crippen LogP contribution in [-0.4, -0.2) is 32.5 Å². The standard InChI is InChI=1S/C20H18O2Te/c1-15(21)13-19(17-9-5-3-6-10-17)23-20(14-16(2)22)18-11-7-4-8-12-18/h3-14H,1-2H3. The molecule has 0 aliphatic carbocycles. The van der Waals surface area contributed by atoms with Crippen molar-refractivity contribution in [1.29, 1.82) is 0 Å². The zero-order chi connectivity index (χ0) is 16.7. The first-order chi connectivity index (χ1) is 11.1. The summed E-state index contributed by atoms with van der Waals surface area (Å²) in [5, 5.41) is 0. The van der Waals surface area contributed by atoms with E-state index in [4.69, 9.17) is 0 Å². The van der Waals surface area contributed by atoms with E-state index in [2.05, 4.69) is 0 Å². The van der Waals surface area contributed by atoms with Crippen molar-refractivity contribution in [3.63, 3.8) is 0 Å². The van der Waals surface area contributed by atoms with Gasteiger partial charge in [-0.25, -0.2) is 0 Å². The van der Waals surface area contributed by atoms with Crippen molar-refractivity contribution in [2.24, 2.45) is 0 Å². The number of benzene rings is 2. The molecule has 0 spiro atoms. The number of carbonyl (C=O) groups excluding carboxylic acids is 2. The Bertz CT molecular complexity index is 678. The molecule has 0 aliphatic heterocycles. The zero-order valence-electron chi connectivity index (χ0n) is 13.2. The molecule has 0 N–H and O–H groups in total. The molecule has 23 heavy (non-hydrogen) atoms. The van der Waals surface area contributed by atoms with Gasteiger partial charge in [-0.3, -0.25) is 0 Å². The summed E-state index contributed by atoms with van der Waals surface area (Å²) < 4.78 is 2.08. The minimum absolute atomic E-state index is 0.0317. The molecule has 0 unspecified atom stereocenters. The van der Waals surface area contributed by atoms with Crippen LogP contribution >= 0.6 is 0 Å². The molecule has 0 heterocycles. The number of allylic oxidation sites excluding steroid dienone is 2. The van der Waals surface area contributed by atoms with Crippen LogP contribution < -0.4 is 0 Å². The van der Waals surface area contributed by atoms with Crippen molar-refractivity contribution in [3.8, 4) is 0 Å². The van der Waals surface area contributed by atoms with E-state index in [1.165, 1.54) is 0 Å². The molecule has 0 saturated carbocycles. The van der Waals surface area contributed by atoms with E-state index in [1.807, 2.05) is 60.7 Å². The van der Waals surface area contributed by atoms with E-state index in [9.17, 15) is 9.59 Å². The Morgan fingerprint density at radius 2 is 1.04 bits per heavy atom. The zero-order valence-corrected chi connectivity index (χ0v) is 15.5. The van der Waals surface area contributed by atoms with Crippen molar-refractivity contribution < 1.29 is 9.59 Å². The summed E-state index contributed by atoms with van der Waals surface area (Å²) in [5.41, 5.74) is 2.10. The molecule has 2 aromatic rings. The Kier molecular flexibility index (Phi) is 6.52. The fourth-order valence-electron chi connectivity index (χ4n) is 2.04. The van der Waals surface area contributed by atoms with Crippen molar-refractivity contribution >= 4 is 39.7 Å². The number of ketones is 2. The molecule has 0 aromatic heterocycles. The minimum atomic E-state index is -0.866. The van der Waals surface area contributed by atoms with Gasteiger partial charge in [-0.15, -0.1) is 0 Å². The Hall–Kier alpha value is -1.95. The van der Waals surface area contributed by atoms with Crippen LogP contribution in [-0.2, 0) is 9.59 Å². The quantitative estimate of drug-likeness (QED) is 0.526. The van der Waals surface area contributed by atoms with Gasteiger partial charge in [0.15, 0.2) is 0 Å². The maximum atomic E-state index is 11.6. The first-order valence-corrected chi connectivity index (χ1v) is 9.62. The first kappa shape index (κ1) is 17.4. The fraction of sp³-hybridized carbons (Fsp3) is 0.100. The van der Waals surface area contributed by atoms with E-state index in [1.54, 1.807) is 26.0 Å². The predicted molar refractivity (Wildman–Crippen MR) is 96.0 cm³/mol. The molecule has 2 rings (SSSR count). The first-order valence-electron chi connectivity index (χ1n) is 7.29. The number of hydrogen-bond donors (Lipinski definition) is 0. The molecule has 3 heteroatoms. The Labute approximate surface area is 147 Å². The summed E-state index contributed by atoms with van der Waals surface area (Å²) in [6.45, 7) is 3.12. The number of carbonyl (C=O) groups is 2. The van der Waals surface area contributed by atoms with Crippen LogP contribution in [0.4, 0.5) is 0 Å². The number of rotatable bonds is 6. The summed E-state index contributed by atoms with van der Waals surface area (Å²) in [4.78, 5) is 23.3. The van der Waals surface area contributed by atoms with Crippen LogP contribution in [0.3, 0.4) is 0 Å². The molecule has 0 radical (unpaired) electrons. The SMILES string of the molecule is CC(=O)C=C([Te]C(=CC(C)=O)c1ccccc1)c1ccccc1. The summed E-state index contributed by atoms with van der Waals surface area (Å²) in [6, 6.07) is 19.8. The van der Waals surface area contributed by atoms with Gasteiger partial charge in [-0.1, -0.05) is 0 Å². The second kappa shape index (κ2) is 8.62. The third-order valence-electron chi connectivity index (χ3n) is 3.01. The molecule has 2 nitrogen and oxygen atoms in total. The van der Waals surface area contributed by atoms with Crippen molar-refractivity contribution in [2.75, 3.05) is 0 Å². The van der Waals surface area contributed by atoms with Gasteiger partial charge in [0.05, 0.1) is 0 Å². The van der Waals surface area contributed by atoms with Gasteiger partial charge in [0, 0.05) is 0 Å². The molecule has 0 saturated heterocycles. The molecule has 0 bridgehead atoms. The van der Waals surface area contributed by atoms with E-state index < -0.39 is 20.9 Å². The van der Waals surface area contributed by atoms with E-state index >= 15 is 0 Å². The third kappa shape index (κ3) is 5.63. The monoisotopic (exact) mass is 420 g/mol. The van der Waals surface area contributed by atoms with Crippen LogP contribution in [0.15, 0.2) is 72.8 Å². The fourth-order valence-corrected chi connectivity index (χ4v) is 5.45. The van der Waals surface area contributed by atoms with Crippen LogP contribution in [0.25, 0.3) is 7.24 Å². The van der Waals surface area contributed by atoms with Gasteiger partial charge in [-0.05, 0) is 0 Å². The van der Waals surface area contributed by atoms with Crippen molar-refractivity contribution in [3.05, 3.63) is 83.9 Å². The van der Waals surface area contributed by atoms with Crippen LogP contribution in [0, 0.1) is 0 Å². The molecule has 0 atom stereocenters. The van der Waals surface area contributed by atoms with Gasteiger partial charge in [0.1, 0.15) is 0 Å². The third-order valence-corrected chi connectivity index (χ3v) is 6.28. The molecular formula is C20H18O2Te. The van der Waals surface area contributed by atoms with Crippen LogP contribution in [0.2, 0.25) is 0 Å². The summed E-state index contributed by atoms with van der Waals surface area (Å²) in [7, 11) is 0. The molecule has 2 aromatic carbocycles. The van der Waals surface area contributed by atoms with E-state index in [-0.39, 0.29) is 11.6 Å². The molecule has 0 fully saturated rings. The Balaban J connectivity index is 2.43. The van der Waals surface area contributed by atoms with Gasteiger partial charge >= 0.3 is 147 Å². The van der Waals surface area contributed by atoms with E-state index in [0.717, 1.165) is 18.4 Å². The molecule has 0 amide bonds. The summed E-state index contributed by atoms with van der Waals surface area (Å²) >= 11 is -0.866. The van der Waals surface area contributed by atoms with Gasteiger partial charge in [0.25, 0.3) is 0 Å². The van der Waals surface area contributed by atoms with Crippen LogP contribution in [0.5, 0.6) is 0 Å². The van der Waals surface area contributed by atoms with Crippen molar-refractivity contribution in [1.82, 2.24) is 0 Å². The van der Waals surface area contributed by atoms with Crippen LogP contribution in [0.1, 0.15) is 25.0 Å². The normalized spacial score (nSPS) is 12.1. The molecule has 0 aliphatic rings. The Morgan fingerprint density at radius 3 is 1.35 bits per heavy atom. The van der Waals surface area contributed by atoms with Gasteiger partial charge in [0.2, 0.25) is 0 Å². The Morgan fingerprint density at radius 1 is 0.696 bits per heavy atom. The second-order valence-corrected chi connectivity index (χ2v) is 8.17. The van der Waals surface area contributed by atoms with Gasteiger partial charge < -0.3 is 0 Å². The topological polar surface area (TPSA) is 34.1 Å². The molecular weight excluding hydrogens is 400 g/mol. The van der Waals surface area contributed by atoms with E-state index in [0.29, 0.717) is 0 Å². The predicted octanol–water partition coefficient (Wildman–Crippen LogP) is 3.95.